The molecule has 0 aliphatic rings. The first-order valence-corrected chi connectivity index (χ1v) is 13.1. The molecule has 0 aromatic rings. The molecule has 2 unspecified atom stereocenters. The van der Waals surface area contributed by atoms with Crippen LogP contribution in [0.5, 0.6) is 0 Å². The van der Waals surface area contributed by atoms with E-state index >= 15 is 0 Å². The summed E-state index contributed by atoms with van der Waals surface area (Å²) in [6.45, 7) is 8.15. The Bertz CT molecular complexity index is 603. The molecule has 0 spiro atoms. The summed E-state index contributed by atoms with van der Waals surface area (Å²) < 4.78 is 22.7. The zero-order chi connectivity index (χ0) is 24.1. The van der Waals surface area contributed by atoms with Crippen molar-refractivity contribution in [1.82, 2.24) is 0 Å². The molecule has 0 aromatic heterocycles. The van der Waals surface area contributed by atoms with Gasteiger partial charge < -0.3 is 19.3 Å². The van der Waals surface area contributed by atoms with Crippen LogP contribution in [-0.4, -0.2) is 36.4 Å². The third kappa shape index (κ3) is 9.07. The van der Waals surface area contributed by atoms with Gasteiger partial charge in [-0.15, -0.1) is 0 Å². The van der Waals surface area contributed by atoms with E-state index < -0.39 is 30.5 Å². The minimum absolute atomic E-state index is 0.0481. The lowest BCUT2D eigenvalue weighted by Crippen LogP contribution is -2.40. The summed E-state index contributed by atoms with van der Waals surface area (Å²) in [7, 11) is -1.56. The molecule has 2 N–H and O–H groups in total. The van der Waals surface area contributed by atoms with E-state index in [2.05, 4.69) is 13.8 Å². The lowest BCUT2D eigenvalue weighted by Gasteiger charge is -2.36. The summed E-state index contributed by atoms with van der Waals surface area (Å²) in [6, 6.07) is 0. The van der Waals surface area contributed by atoms with Crippen molar-refractivity contribution < 1.29 is 33.4 Å². The standard InChI is InChI=1S/C23H43O7P/c1-7-11-13-18(9-3)15-23(22(26)27,16-19(10-4)14-12-8-2)20(21(24)25)17-31(28,29-5)30-6/h17-19H,7-16H2,1-6H3,(H,24,25)(H,26,27). The average Bonchev–Trinajstić information content (AvgIpc) is 2.76. The van der Waals surface area contributed by atoms with Gasteiger partial charge in [-0.1, -0.05) is 79.1 Å². The van der Waals surface area contributed by atoms with Crippen LogP contribution in [0.3, 0.4) is 0 Å². The van der Waals surface area contributed by atoms with Gasteiger partial charge in [-0.25, -0.2) is 4.79 Å². The van der Waals surface area contributed by atoms with Crippen LogP contribution in [0.15, 0.2) is 11.4 Å². The molecule has 2 atom stereocenters. The fourth-order valence-electron chi connectivity index (χ4n) is 4.19. The van der Waals surface area contributed by atoms with E-state index in [0.717, 1.165) is 71.4 Å². The minimum atomic E-state index is -3.88. The van der Waals surface area contributed by atoms with Gasteiger partial charge in [0.25, 0.3) is 0 Å². The van der Waals surface area contributed by atoms with Gasteiger partial charge in [0.15, 0.2) is 0 Å². The quantitative estimate of drug-likeness (QED) is 0.172. The normalized spacial score (nSPS) is 16.5. The molecule has 182 valence electrons. The van der Waals surface area contributed by atoms with E-state index in [9.17, 15) is 24.4 Å². The second-order valence-electron chi connectivity index (χ2n) is 8.38. The van der Waals surface area contributed by atoms with E-state index in [0.29, 0.717) is 0 Å². The van der Waals surface area contributed by atoms with E-state index in [-0.39, 0.29) is 24.7 Å². The fourth-order valence-corrected chi connectivity index (χ4v) is 5.22. The van der Waals surface area contributed by atoms with Crippen molar-refractivity contribution in [3.8, 4) is 0 Å². The Hall–Kier alpha value is -1.17. The maximum absolute atomic E-state index is 12.8. The third-order valence-corrected chi connectivity index (χ3v) is 7.90. The summed E-state index contributed by atoms with van der Waals surface area (Å²) in [5.74, 6) is -1.57. The number of hydrogen-bond donors (Lipinski definition) is 2. The minimum Gasteiger partial charge on any atom is -0.481 e. The van der Waals surface area contributed by atoms with Crippen LogP contribution in [0.2, 0.25) is 0 Å². The van der Waals surface area contributed by atoms with Gasteiger partial charge in [-0.05, 0) is 24.7 Å². The van der Waals surface area contributed by atoms with Crippen molar-refractivity contribution in [3.05, 3.63) is 11.4 Å². The highest BCUT2D eigenvalue weighted by Crippen LogP contribution is 2.53. The molecule has 0 fully saturated rings. The van der Waals surface area contributed by atoms with Crippen molar-refractivity contribution in [3.63, 3.8) is 0 Å². The van der Waals surface area contributed by atoms with Crippen LogP contribution in [0, 0.1) is 17.3 Å². The van der Waals surface area contributed by atoms with E-state index in [1.807, 2.05) is 13.8 Å². The number of hydrogen-bond acceptors (Lipinski definition) is 5. The Morgan fingerprint density at radius 1 is 0.903 bits per heavy atom. The molecule has 0 saturated heterocycles. The summed E-state index contributed by atoms with van der Waals surface area (Å²) >= 11 is 0. The highest BCUT2D eigenvalue weighted by molar-refractivity contribution is 7.57. The average molecular weight is 463 g/mol. The molecule has 0 aromatic carbocycles. The van der Waals surface area contributed by atoms with Crippen LogP contribution >= 0.6 is 7.60 Å². The second-order valence-corrected chi connectivity index (χ2v) is 10.4. The first-order chi connectivity index (χ1) is 14.6. The molecule has 0 radical (unpaired) electrons. The number of carbonyl (C=O) groups is 2. The van der Waals surface area contributed by atoms with Crippen LogP contribution in [0.25, 0.3) is 0 Å². The number of unbranched alkanes of at least 4 members (excludes halogenated alkanes) is 2. The SMILES string of the molecule is CCCCC(CC)CC(CC(CC)CCCC)(C(=O)O)C(=CP(=O)(OC)OC)C(=O)O. The zero-order valence-corrected chi connectivity index (χ0v) is 21.1. The van der Waals surface area contributed by atoms with Crippen molar-refractivity contribution in [1.29, 1.82) is 0 Å². The molecule has 0 bridgehead atoms. The van der Waals surface area contributed by atoms with Crippen LogP contribution < -0.4 is 0 Å². The maximum atomic E-state index is 12.8. The van der Waals surface area contributed by atoms with E-state index in [1.54, 1.807) is 0 Å². The Labute approximate surface area is 188 Å². The summed E-state index contributed by atoms with van der Waals surface area (Å²) in [5, 5.41) is 20.5. The molecule has 0 aliphatic carbocycles. The highest BCUT2D eigenvalue weighted by atomic mass is 31.2. The smallest absolute Gasteiger partial charge is 0.354 e. The van der Waals surface area contributed by atoms with E-state index in [1.165, 1.54) is 0 Å². The molecule has 0 saturated carbocycles. The molecule has 0 heterocycles. The van der Waals surface area contributed by atoms with Gasteiger partial charge in [0, 0.05) is 20.0 Å². The molecule has 7 nitrogen and oxygen atoms in total. The van der Waals surface area contributed by atoms with Gasteiger partial charge >= 0.3 is 19.5 Å². The van der Waals surface area contributed by atoms with Crippen LogP contribution in [0.4, 0.5) is 0 Å². The van der Waals surface area contributed by atoms with Crippen LogP contribution in [0.1, 0.15) is 91.9 Å². The lowest BCUT2D eigenvalue weighted by atomic mass is 9.66. The molecule has 8 heteroatoms. The topological polar surface area (TPSA) is 110 Å². The zero-order valence-electron chi connectivity index (χ0n) is 20.2. The first kappa shape index (κ1) is 29.8. The van der Waals surface area contributed by atoms with Crippen LogP contribution in [-0.2, 0) is 23.2 Å². The highest BCUT2D eigenvalue weighted by Gasteiger charge is 2.48. The van der Waals surface area contributed by atoms with Gasteiger partial charge in [-0.3, -0.25) is 9.36 Å². The Morgan fingerprint density at radius 3 is 1.58 bits per heavy atom. The van der Waals surface area contributed by atoms with Crippen molar-refractivity contribution in [2.75, 3.05) is 14.2 Å². The molecule has 0 aliphatic heterocycles. The fraction of sp³-hybridized carbons (Fsp3) is 0.826. The third-order valence-electron chi connectivity index (χ3n) is 6.31. The maximum Gasteiger partial charge on any atom is 0.354 e. The number of rotatable bonds is 18. The van der Waals surface area contributed by atoms with Crippen molar-refractivity contribution >= 4 is 19.5 Å². The Morgan fingerprint density at radius 2 is 1.32 bits per heavy atom. The second kappa shape index (κ2) is 14.8. The monoisotopic (exact) mass is 462 g/mol. The summed E-state index contributed by atoms with van der Waals surface area (Å²) in [5.41, 5.74) is -2.06. The first-order valence-electron chi connectivity index (χ1n) is 11.5. The molecule has 0 amide bonds. The van der Waals surface area contributed by atoms with Gasteiger partial charge in [0.05, 0.1) is 5.57 Å². The summed E-state index contributed by atoms with van der Waals surface area (Å²) in [6.07, 6.45) is 7.38. The van der Waals surface area contributed by atoms with Gasteiger partial charge in [0.1, 0.15) is 5.41 Å². The molecule has 31 heavy (non-hydrogen) atoms. The molecular weight excluding hydrogens is 419 g/mol. The number of carboxylic acid groups (broad SMARTS) is 2. The molecule has 0 rings (SSSR count). The van der Waals surface area contributed by atoms with E-state index in [4.69, 9.17) is 9.05 Å². The number of aliphatic carboxylic acids is 2. The lowest BCUT2D eigenvalue weighted by molar-refractivity contribution is -0.152. The Balaban J connectivity index is 6.67. The Kier molecular flexibility index (Phi) is 14.3. The largest absolute Gasteiger partial charge is 0.481 e. The number of carboxylic acids is 2. The van der Waals surface area contributed by atoms with Crippen molar-refractivity contribution in [2.45, 2.75) is 91.9 Å². The molecular formula is C23H43O7P. The summed E-state index contributed by atoms with van der Waals surface area (Å²) in [4.78, 5) is 25.2. The van der Waals surface area contributed by atoms with Gasteiger partial charge in [-0.2, -0.15) is 0 Å². The van der Waals surface area contributed by atoms with Crippen molar-refractivity contribution in [2.24, 2.45) is 17.3 Å². The van der Waals surface area contributed by atoms with Gasteiger partial charge in [0.2, 0.25) is 0 Å². The predicted octanol–water partition coefficient (Wildman–Crippen LogP) is 6.72. The predicted molar refractivity (Wildman–Crippen MR) is 123 cm³/mol.